The summed E-state index contributed by atoms with van der Waals surface area (Å²) < 4.78 is 16.5. The second-order valence-electron chi connectivity index (χ2n) is 6.12. The number of carbonyl (C=O) groups excluding carboxylic acids is 2. The van der Waals surface area contributed by atoms with Gasteiger partial charge in [0, 0.05) is 10.4 Å². The number of benzene rings is 2. The number of thiophene rings is 1. The lowest BCUT2D eigenvalue weighted by molar-refractivity contribution is -0.127. The molecule has 1 aromatic heterocycles. The fourth-order valence-electron chi connectivity index (χ4n) is 2.88. The zero-order chi connectivity index (χ0) is 19.5. The van der Waals surface area contributed by atoms with Crippen LogP contribution in [0.5, 0.6) is 11.5 Å². The fraction of sp³-hybridized carbons (Fsp3) is 0.143. The molecule has 7 heteroatoms. The molecule has 0 aliphatic carbocycles. The van der Waals surface area contributed by atoms with Crippen molar-refractivity contribution in [3.8, 4) is 21.9 Å². The third-order valence-electron chi connectivity index (χ3n) is 4.22. The molecule has 0 bridgehead atoms. The molecule has 0 spiro atoms. The van der Waals surface area contributed by atoms with Crippen LogP contribution in [-0.4, -0.2) is 25.1 Å². The second kappa shape index (κ2) is 7.74. The largest absolute Gasteiger partial charge is 0.486 e. The molecule has 1 aliphatic heterocycles. The quantitative estimate of drug-likeness (QED) is 0.667. The van der Waals surface area contributed by atoms with E-state index < -0.39 is 18.0 Å². The minimum absolute atomic E-state index is 0.382. The van der Waals surface area contributed by atoms with Crippen molar-refractivity contribution in [2.75, 3.05) is 13.2 Å². The van der Waals surface area contributed by atoms with Crippen LogP contribution in [0.1, 0.15) is 21.3 Å². The Labute approximate surface area is 165 Å². The van der Waals surface area contributed by atoms with Crippen molar-refractivity contribution in [3.05, 3.63) is 71.1 Å². The van der Waals surface area contributed by atoms with E-state index in [-0.39, 0.29) is 0 Å². The predicted molar refractivity (Wildman–Crippen MR) is 105 cm³/mol. The topological polar surface area (TPSA) is 87.9 Å². The molecule has 2 N–H and O–H groups in total. The summed E-state index contributed by atoms with van der Waals surface area (Å²) in [5.41, 5.74) is 6.86. The van der Waals surface area contributed by atoms with Crippen molar-refractivity contribution in [2.24, 2.45) is 5.73 Å². The van der Waals surface area contributed by atoms with E-state index in [1.807, 2.05) is 30.3 Å². The molecule has 0 radical (unpaired) electrons. The van der Waals surface area contributed by atoms with Gasteiger partial charge in [0.2, 0.25) is 6.10 Å². The van der Waals surface area contributed by atoms with Gasteiger partial charge in [-0.05, 0) is 35.9 Å². The van der Waals surface area contributed by atoms with Gasteiger partial charge in [0.25, 0.3) is 5.91 Å². The summed E-state index contributed by atoms with van der Waals surface area (Å²) >= 11 is 1.27. The van der Waals surface area contributed by atoms with E-state index in [2.05, 4.69) is 0 Å². The van der Waals surface area contributed by atoms with E-state index in [1.54, 1.807) is 30.3 Å². The number of rotatable bonds is 5. The van der Waals surface area contributed by atoms with E-state index in [9.17, 15) is 9.59 Å². The van der Waals surface area contributed by atoms with E-state index in [4.69, 9.17) is 19.9 Å². The van der Waals surface area contributed by atoms with Gasteiger partial charge in [0.05, 0.1) is 0 Å². The van der Waals surface area contributed by atoms with Gasteiger partial charge < -0.3 is 19.9 Å². The summed E-state index contributed by atoms with van der Waals surface area (Å²) in [5, 5.41) is 0. The van der Waals surface area contributed by atoms with Crippen molar-refractivity contribution in [3.63, 3.8) is 0 Å². The molecule has 2 aromatic carbocycles. The van der Waals surface area contributed by atoms with Crippen LogP contribution >= 0.6 is 11.3 Å². The molecule has 1 atom stereocenters. The molecule has 0 saturated carbocycles. The lowest BCUT2D eigenvalue weighted by atomic mass is 10.1. The maximum Gasteiger partial charge on any atom is 0.349 e. The van der Waals surface area contributed by atoms with Crippen molar-refractivity contribution in [1.29, 1.82) is 0 Å². The molecule has 0 saturated heterocycles. The first-order valence-corrected chi connectivity index (χ1v) is 9.48. The number of amides is 1. The number of ether oxygens (including phenoxy) is 3. The second-order valence-corrected chi connectivity index (χ2v) is 7.20. The Morgan fingerprint density at radius 1 is 0.964 bits per heavy atom. The Hall–Kier alpha value is -3.32. The Kier molecular flexibility index (Phi) is 4.99. The first-order chi connectivity index (χ1) is 13.6. The predicted octanol–water partition coefficient (Wildman–Crippen LogP) is 3.57. The maximum atomic E-state index is 12.5. The molecule has 1 amide bonds. The van der Waals surface area contributed by atoms with E-state index in [1.165, 1.54) is 11.3 Å². The summed E-state index contributed by atoms with van der Waals surface area (Å²) in [5.74, 6) is 0.0714. The molecule has 4 rings (SSSR count). The average Bonchev–Trinajstić information content (AvgIpc) is 3.22. The Balaban J connectivity index is 1.53. The monoisotopic (exact) mass is 395 g/mol. The standard InChI is InChI=1S/C21H17NO5S/c22-20(23)19(13-4-2-1-3-5-13)27-21(24)18-9-8-17(28-18)14-6-7-15-16(12-14)26-11-10-25-15/h1-9,12,19H,10-11H2,(H2,22,23). The lowest BCUT2D eigenvalue weighted by Gasteiger charge is -2.18. The number of nitrogens with two attached hydrogens (primary N) is 1. The minimum atomic E-state index is -1.13. The van der Waals surface area contributed by atoms with Crippen LogP contribution in [0.2, 0.25) is 0 Å². The summed E-state index contributed by atoms with van der Waals surface area (Å²) in [4.78, 5) is 25.6. The maximum absolute atomic E-state index is 12.5. The first kappa shape index (κ1) is 18.1. The Morgan fingerprint density at radius 2 is 1.71 bits per heavy atom. The molecule has 6 nitrogen and oxygen atoms in total. The van der Waals surface area contributed by atoms with E-state index in [0.29, 0.717) is 35.2 Å². The van der Waals surface area contributed by atoms with Crippen LogP contribution in [0.25, 0.3) is 10.4 Å². The molecular weight excluding hydrogens is 378 g/mol. The third kappa shape index (κ3) is 3.70. The normalized spacial score (nSPS) is 13.6. The molecule has 0 fully saturated rings. The molecular formula is C21H17NO5S. The summed E-state index contributed by atoms with van der Waals surface area (Å²) in [6.07, 6.45) is -1.13. The number of carbonyl (C=O) groups is 2. The first-order valence-electron chi connectivity index (χ1n) is 8.67. The molecule has 142 valence electrons. The van der Waals surface area contributed by atoms with Gasteiger partial charge in [-0.1, -0.05) is 30.3 Å². The summed E-state index contributed by atoms with van der Waals surface area (Å²) in [6, 6.07) is 17.8. The fourth-order valence-corrected chi connectivity index (χ4v) is 3.77. The molecule has 3 aromatic rings. The van der Waals surface area contributed by atoms with Gasteiger partial charge in [-0.3, -0.25) is 4.79 Å². The molecule has 1 aliphatic rings. The third-order valence-corrected chi connectivity index (χ3v) is 5.33. The number of primary amides is 1. The van der Waals surface area contributed by atoms with Crippen LogP contribution in [-0.2, 0) is 9.53 Å². The summed E-state index contributed by atoms with van der Waals surface area (Å²) in [7, 11) is 0. The molecule has 28 heavy (non-hydrogen) atoms. The van der Waals surface area contributed by atoms with Gasteiger partial charge in [-0.15, -0.1) is 11.3 Å². The number of fused-ring (bicyclic) bond motifs is 1. The van der Waals surface area contributed by atoms with Crippen molar-refractivity contribution >= 4 is 23.2 Å². The van der Waals surface area contributed by atoms with Crippen LogP contribution < -0.4 is 15.2 Å². The Bertz CT molecular complexity index is 1010. The molecule has 2 heterocycles. The van der Waals surface area contributed by atoms with Gasteiger partial charge in [0.1, 0.15) is 18.1 Å². The highest BCUT2D eigenvalue weighted by atomic mass is 32.1. The van der Waals surface area contributed by atoms with Gasteiger partial charge in [-0.25, -0.2) is 4.79 Å². The number of hydrogen-bond donors (Lipinski definition) is 1. The average molecular weight is 395 g/mol. The zero-order valence-electron chi connectivity index (χ0n) is 14.8. The molecule has 1 unspecified atom stereocenters. The highest BCUT2D eigenvalue weighted by Gasteiger charge is 2.24. The smallest absolute Gasteiger partial charge is 0.349 e. The van der Waals surface area contributed by atoms with Crippen LogP contribution in [0.3, 0.4) is 0 Å². The highest BCUT2D eigenvalue weighted by Crippen LogP contribution is 2.37. The van der Waals surface area contributed by atoms with E-state index >= 15 is 0 Å². The van der Waals surface area contributed by atoms with Crippen molar-refractivity contribution in [1.82, 2.24) is 0 Å². The minimum Gasteiger partial charge on any atom is -0.486 e. The lowest BCUT2D eigenvalue weighted by Crippen LogP contribution is -2.26. The highest BCUT2D eigenvalue weighted by molar-refractivity contribution is 7.17. The van der Waals surface area contributed by atoms with Gasteiger partial charge in [-0.2, -0.15) is 0 Å². The van der Waals surface area contributed by atoms with Crippen molar-refractivity contribution < 1.29 is 23.8 Å². The van der Waals surface area contributed by atoms with E-state index in [0.717, 1.165) is 10.4 Å². The number of hydrogen-bond acceptors (Lipinski definition) is 6. The zero-order valence-corrected chi connectivity index (χ0v) is 15.6. The van der Waals surface area contributed by atoms with Crippen LogP contribution in [0, 0.1) is 0 Å². The van der Waals surface area contributed by atoms with Gasteiger partial charge in [0.15, 0.2) is 11.5 Å². The van der Waals surface area contributed by atoms with Crippen LogP contribution in [0.4, 0.5) is 0 Å². The van der Waals surface area contributed by atoms with Gasteiger partial charge >= 0.3 is 5.97 Å². The summed E-state index contributed by atoms with van der Waals surface area (Å²) in [6.45, 7) is 1.04. The van der Waals surface area contributed by atoms with Crippen molar-refractivity contribution in [2.45, 2.75) is 6.10 Å². The van der Waals surface area contributed by atoms with Crippen LogP contribution in [0.15, 0.2) is 60.7 Å². The SMILES string of the molecule is NC(=O)C(OC(=O)c1ccc(-c2ccc3c(c2)OCCO3)s1)c1ccccc1. The Morgan fingerprint density at radius 3 is 2.46 bits per heavy atom. The number of esters is 1.